The Morgan fingerprint density at radius 1 is 1.20 bits per heavy atom. The Morgan fingerprint density at radius 3 is 2.43 bits per heavy atom. The van der Waals surface area contributed by atoms with Gasteiger partial charge in [-0.3, -0.25) is 0 Å². The van der Waals surface area contributed by atoms with Gasteiger partial charge in [0.1, 0.15) is 12.2 Å². The number of nitrogens with zero attached hydrogens (tertiary/aromatic N) is 3. The number of hydrogen-bond donors (Lipinski definition) is 1. The van der Waals surface area contributed by atoms with Crippen LogP contribution in [0.1, 0.15) is 38.5 Å². The van der Waals surface area contributed by atoms with Crippen LogP contribution in [0, 0.1) is 11.7 Å². The lowest BCUT2D eigenvalue weighted by molar-refractivity contribution is -0.192. The van der Waals surface area contributed by atoms with Crippen LogP contribution >= 0.6 is 0 Å². The molecule has 3 fully saturated rings. The van der Waals surface area contributed by atoms with Gasteiger partial charge in [-0.25, -0.2) is 19.2 Å². The average molecular weight is 435 g/mol. The number of ether oxygens (including phenoxy) is 2. The fourth-order valence-electron chi connectivity index (χ4n) is 4.18. The standard InChI is InChI=1S/C17H24FN3O2.C2HF3O2/c18-13-8-19-17(20-9-13)21-10-15(16-14(21)6-3-7-22-16)23-11-12-4-1-2-5-12;3-2(4,5)1(6)7/h8-9,12,14-16H,1-7,10-11H2;(H,6,7)/t14-,15+,16+;/m1./s1. The summed E-state index contributed by atoms with van der Waals surface area (Å²) in [4.78, 5) is 19.3. The van der Waals surface area contributed by atoms with Crippen LogP contribution in [0.25, 0.3) is 0 Å². The summed E-state index contributed by atoms with van der Waals surface area (Å²) < 4.78 is 57.1. The summed E-state index contributed by atoms with van der Waals surface area (Å²) in [7, 11) is 0. The molecule has 3 aliphatic rings. The minimum absolute atomic E-state index is 0.0644. The lowest BCUT2D eigenvalue weighted by Crippen LogP contribution is -2.42. The maximum Gasteiger partial charge on any atom is 0.490 e. The molecule has 7 nitrogen and oxygen atoms in total. The van der Waals surface area contributed by atoms with Gasteiger partial charge in [-0.2, -0.15) is 13.2 Å². The van der Waals surface area contributed by atoms with Crippen LogP contribution in [0.3, 0.4) is 0 Å². The first-order valence-corrected chi connectivity index (χ1v) is 10.0. The number of hydrogen-bond acceptors (Lipinski definition) is 6. The summed E-state index contributed by atoms with van der Waals surface area (Å²) in [6.45, 7) is 2.35. The quantitative estimate of drug-likeness (QED) is 0.727. The Morgan fingerprint density at radius 2 is 1.83 bits per heavy atom. The number of anilines is 1. The molecule has 3 atom stereocenters. The second kappa shape index (κ2) is 9.86. The van der Waals surface area contributed by atoms with Crippen LogP contribution in [-0.4, -0.2) is 65.2 Å². The van der Waals surface area contributed by atoms with Crippen molar-refractivity contribution in [3.05, 3.63) is 18.2 Å². The van der Waals surface area contributed by atoms with Crippen LogP contribution in [0.5, 0.6) is 0 Å². The highest BCUT2D eigenvalue weighted by Gasteiger charge is 2.46. The van der Waals surface area contributed by atoms with Crippen molar-refractivity contribution in [1.29, 1.82) is 0 Å². The Bertz CT molecular complexity index is 698. The normalized spacial score (nSPS) is 26.8. The number of alkyl halides is 3. The van der Waals surface area contributed by atoms with E-state index in [0.29, 0.717) is 11.9 Å². The first-order valence-electron chi connectivity index (χ1n) is 10.0. The van der Waals surface area contributed by atoms with Gasteiger partial charge in [0.05, 0.1) is 25.0 Å². The van der Waals surface area contributed by atoms with E-state index < -0.39 is 18.0 Å². The molecule has 30 heavy (non-hydrogen) atoms. The van der Waals surface area contributed by atoms with Crippen molar-refractivity contribution >= 4 is 11.9 Å². The summed E-state index contributed by atoms with van der Waals surface area (Å²) >= 11 is 0. The van der Waals surface area contributed by atoms with Crippen LogP contribution in [-0.2, 0) is 14.3 Å². The maximum atomic E-state index is 13.1. The third kappa shape index (κ3) is 5.78. The van der Waals surface area contributed by atoms with Gasteiger partial charge < -0.3 is 19.5 Å². The molecule has 0 bridgehead atoms. The highest BCUT2D eigenvalue weighted by atomic mass is 19.4. The molecule has 0 radical (unpaired) electrons. The molecular weight excluding hydrogens is 410 g/mol. The van der Waals surface area contributed by atoms with Crippen LogP contribution in [0.15, 0.2) is 12.4 Å². The number of carboxylic acids is 1. The minimum atomic E-state index is -5.08. The third-order valence-corrected chi connectivity index (χ3v) is 5.60. The number of aliphatic carboxylic acids is 1. The van der Waals surface area contributed by atoms with Crippen LogP contribution in [0.2, 0.25) is 0 Å². The second-order valence-corrected chi connectivity index (χ2v) is 7.72. The van der Waals surface area contributed by atoms with Gasteiger partial charge >= 0.3 is 12.1 Å². The van der Waals surface area contributed by atoms with Gasteiger partial charge in [0.25, 0.3) is 0 Å². The van der Waals surface area contributed by atoms with E-state index in [1.54, 1.807) is 0 Å². The van der Waals surface area contributed by atoms with E-state index >= 15 is 0 Å². The van der Waals surface area contributed by atoms with Crippen LogP contribution in [0.4, 0.5) is 23.5 Å². The minimum Gasteiger partial charge on any atom is -0.475 e. The summed E-state index contributed by atoms with van der Waals surface area (Å²) in [6, 6.07) is 0.239. The first-order chi connectivity index (χ1) is 14.3. The van der Waals surface area contributed by atoms with Gasteiger partial charge in [0.15, 0.2) is 5.82 Å². The van der Waals surface area contributed by atoms with Crippen molar-refractivity contribution < 1.29 is 36.9 Å². The Balaban J connectivity index is 0.000000318. The highest BCUT2D eigenvalue weighted by Crippen LogP contribution is 2.34. The SMILES string of the molecule is Fc1cnc(N2C[C@H](OCC3CCCC3)[C@H]3OCCC[C@H]32)nc1.O=C(O)C(F)(F)F. The predicted octanol–water partition coefficient (Wildman–Crippen LogP) is 3.19. The molecule has 168 valence electrons. The van der Waals surface area contributed by atoms with Crippen molar-refractivity contribution in [2.24, 2.45) is 5.92 Å². The maximum absolute atomic E-state index is 13.1. The lowest BCUT2D eigenvalue weighted by Gasteiger charge is -2.32. The van der Waals surface area contributed by atoms with Crippen LogP contribution < -0.4 is 4.90 Å². The number of carboxylic acid groups (broad SMARTS) is 1. The van der Waals surface area contributed by atoms with Crippen molar-refractivity contribution in [2.45, 2.75) is 63.0 Å². The summed E-state index contributed by atoms with van der Waals surface area (Å²) in [6.07, 6.45) is 4.84. The largest absolute Gasteiger partial charge is 0.490 e. The van der Waals surface area contributed by atoms with Gasteiger partial charge in [-0.15, -0.1) is 0 Å². The van der Waals surface area contributed by atoms with E-state index in [1.807, 2.05) is 0 Å². The second-order valence-electron chi connectivity index (χ2n) is 7.72. The molecule has 0 spiro atoms. The Kier molecular flexibility index (Phi) is 7.45. The monoisotopic (exact) mass is 435 g/mol. The molecule has 0 amide bonds. The van der Waals surface area contributed by atoms with Crippen molar-refractivity contribution in [3.63, 3.8) is 0 Å². The Hall–Kier alpha value is -2.01. The van der Waals surface area contributed by atoms with E-state index in [9.17, 15) is 17.6 Å². The fraction of sp³-hybridized carbons (Fsp3) is 0.737. The van der Waals surface area contributed by atoms with E-state index in [1.165, 1.54) is 38.1 Å². The number of carbonyl (C=O) groups is 1. The number of aromatic nitrogens is 2. The van der Waals surface area contributed by atoms with E-state index in [2.05, 4.69) is 14.9 Å². The van der Waals surface area contributed by atoms with Crippen molar-refractivity contribution in [1.82, 2.24) is 9.97 Å². The number of rotatable bonds is 4. The smallest absolute Gasteiger partial charge is 0.475 e. The molecule has 2 saturated heterocycles. The molecule has 3 heterocycles. The third-order valence-electron chi connectivity index (χ3n) is 5.60. The summed E-state index contributed by atoms with van der Waals surface area (Å²) in [5, 5.41) is 7.12. The highest BCUT2D eigenvalue weighted by molar-refractivity contribution is 5.73. The molecule has 0 unspecified atom stereocenters. The molecule has 1 aromatic heterocycles. The molecule has 4 rings (SSSR count). The van der Waals surface area contributed by atoms with Gasteiger partial charge in [0, 0.05) is 13.2 Å². The zero-order valence-corrected chi connectivity index (χ0v) is 16.4. The van der Waals surface area contributed by atoms with E-state index in [4.69, 9.17) is 19.4 Å². The molecule has 2 aliphatic heterocycles. The summed E-state index contributed by atoms with van der Waals surface area (Å²) in [5.41, 5.74) is 0. The molecule has 1 N–H and O–H groups in total. The lowest BCUT2D eigenvalue weighted by atomic mass is 10.0. The summed E-state index contributed by atoms with van der Waals surface area (Å²) in [5.74, 6) is -1.88. The topological polar surface area (TPSA) is 84.8 Å². The van der Waals surface area contributed by atoms with Crippen molar-refractivity contribution in [3.8, 4) is 0 Å². The molecule has 1 saturated carbocycles. The predicted molar refractivity (Wildman–Crippen MR) is 97.5 cm³/mol. The number of halogens is 4. The zero-order chi connectivity index (χ0) is 21.7. The molecule has 1 aliphatic carbocycles. The van der Waals surface area contributed by atoms with Gasteiger partial charge in [0.2, 0.25) is 5.95 Å². The number of fused-ring (bicyclic) bond motifs is 1. The first kappa shape index (κ1) is 22.7. The van der Waals surface area contributed by atoms with E-state index in [0.717, 1.165) is 32.6 Å². The molecule has 1 aromatic rings. The Labute approximate surface area is 171 Å². The van der Waals surface area contributed by atoms with Crippen molar-refractivity contribution in [2.75, 3.05) is 24.7 Å². The molecule has 0 aromatic carbocycles. The van der Waals surface area contributed by atoms with Gasteiger partial charge in [-0.05, 0) is 31.6 Å². The van der Waals surface area contributed by atoms with E-state index in [-0.39, 0.29) is 18.2 Å². The molecule has 11 heteroatoms. The fourth-order valence-corrected chi connectivity index (χ4v) is 4.18. The molecular formula is C19H25F4N3O4. The average Bonchev–Trinajstić information content (AvgIpc) is 3.35. The zero-order valence-electron chi connectivity index (χ0n) is 16.4. The van der Waals surface area contributed by atoms with Gasteiger partial charge in [-0.1, -0.05) is 12.8 Å².